The predicted octanol–water partition coefficient (Wildman–Crippen LogP) is 11.9. The van der Waals surface area contributed by atoms with E-state index in [9.17, 15) is 28.8 Å². The second kappa shape index (κ2) is 21.1. The molecule has 0 unspecified atom stereocenters. The van der Waals surface area contributed by atoms with Crippen LogP contribution in [0, 0.1) is 0 Å². The van der Waals surface area contributed by atoms with Crippen molar-refractivity contribution in [1.29, 1.82) is 0 Å². The molecule has 10 nitrogen and oxygen atoms in total. The molecule has 0 atom stereocenters. The van der Waals surface area contributed by atoms with Gasteiger partial charge in [-0.15, -0.1) is 0 Å². The zero-order valence-corrected chi connectivity index (χ0v) is 36.7. The number of hydrogen-bond donors (Lipinski definition) is 0. The highest BCUT2D eigenvalue weighted by Crippen LogP contribution is 2.46. The van der Waals surface area contributed by atoms with E-state index in [0.717, 1.165) is 58.0 Å². The second-order valence-electron chi connectivity index (χ2n) is 17.3. The molecule has 0 N–H and O–H groups in total. The molecule has 2 aliphatic rings. The Kier molecular flexibility index (Phi) is 15.2. The summed E-state index contributed by atoms with van der Waals surface area (Å²) in [5.41, 5.74) is 1.88. The highest BCUT2D eigenvalue weighted by molar-refractivity contribution is 6.41. The van der Waals surface area contributed by atoms with Gasteiger partial charge in [0.2, 0.25) is 0 Å². The standard InChI is InChI=1S/C52H62N2O8/c1-3-5-7-9-11-19-33-61-43(55)21-15-13-17-31-53-49(57)39-27-23-35-37-25-29-41-48-42(30-26-38(46(37)48)36-24-28-40(50(53)58)47(39)45(35)36)52(60)54(51(41)59)32-18-14-16-22-44(56)62-34-20-12-10-8-6-4-2/h23-30H,3-22,31-34H2,1-2H3. The first-order chi connectivity index (χ1) is 30.3. The molecule has 0 aromatic heterocycles. The van der Waals surface area contributed by atoms with Crippen LogP contribution >= 0.6 is 0 Å². The van der Waals surface area contributed by atoms with E-state index in [-0.39, 0.29) is 48.7 Å². The Morgan fingerprint density at radius 1 is 0.387 bits per heavy atom. The van der Waals surface area contributed by atoms with Crippen LogP contribution in [0.3, 0.4) is 0 Å². The van der Waals surface area contributed by atoms with Crippen molar-refractivity contribution in [3.05, 3.63) is 70.8 Å². The molecule has 0 aliphatic carbocycles. The summed E-state index contributed by atoms with van der Waals surface area (Å²) in [6, 6.07) is 14.8. The minimum absolute atomic E-state index is 0.198. The van der Waals surface area contributed by atoms with Crippen LogP contribution in [0.4, 0.5) is 0 Å². The number of rotatable bonds is 26. The lowest BCUT2D eigenvalue weighted by atomic mass is 9.82. The second-order valence-corrected chi connectivity index (χ2v) is 17.3. The van der Waals surface area contributed by atoms with Gasteiger partial charge in [0.25, 0.3) is 23.6 Å². The highest BCUT2D eigenvalue weighted by atomic mass is 16.5. The largest absolute Gasteiger partial charge is 0.466 e. The van der Waals surface area contributed by atoms with Gasteiger partial charge in [0.15, 0.2) is 0 Å². The van der Waals surface area contributed by atoms with Gasteiger partial charge in [-0.3, -0.25) is 38.6 Å². The first-order valence-electron chi connectivity index (χ1n) is 23.5. The Bertz CT molecular complexity index is 2160. The van der Waals surface area contributed by atoms with Gasteiger partial charge in [-0.05, 0) is 95.1 Å². The van der Waals surface area contributed by atoms with Crippen molar-refractivity contribution in [3.63, 3.8) is 0 Å². The summed E-state index contributed by atoms with van der Waals surface area (Å²) >= 11 is 0. The topological polar surface area (TPSA) is 127 Å². The summed E-state index contributed by atoms with van der Waals surface area (Å²) in [6.07, 6.45) is 18.1. The molecule has 0 fully saturated rings. The lowest BCUT2D eigenvalue weighted by molar-refractivity contribution is -0.144. The molecular weight excluding hydrogens is 781 g/mol. The first-order valence-corrected chi connectivity index (χ1v) is 23.5. The minimum Gasteiger partial charge on any atom is -0.466 e. The molecule has 7 rings (SSSR count). The van der Waals surface area contributed by atoms with Gasteiger partial charge in [-0.1, -0.05) is 115 Å². The summed E-state index contributed by atoms with van der Waals surface area (Å²) < 4.78 is 10.8. The Morgan fingerprint density at radius 2 is 0.694 bits per heavy atom. The van der Waals surface area contributed by atoms with Crippen LogP contribution in [0.1, 0.15) is 184 Å². The summed E-state index contributed by atoms with van der Waals surface area (Å²) in [6.45, 7) is 5.82. The molecule has 62 heavy (non-hydrogen) atoms. The third kappa shape index (κ3) is 9.49. The molecule has 5 aromatic rings. The van der Waals surface area contributed by atoms with Gasteiger partial charge in [0.1, 0.15) is 0 Å². The molecule has 5 aromatic carbocycles. The van der Waals surface area contributed by atoms with Gasteiger partial charge in [0.05, 0.1) is 13.2 Å². The number of ether oxygens (including phenoxy) is 2. The molecule has 10 heteroatoms. The summed E-state index contributed by atoms with van der Waals surface area (Å²) in [5.74, 6) is -1.73. The molecule has 0 saturated heterocycles. The first kappa shape index (κ1) is 44.7. The van der Waals surface area contributed by atoms with Crippen molar-refractivity contribution in [2.75, 3.05) is 26.3 Å². The Labute approximate surface area is 365 Å². The Hall–Kier alpha value is -5.38. The third-order valence-corrected chi connectivity index (χ3v) is 12.9. The van der Waals surface area contributed by atoms with E-state index in [1.807, 2.05) is 24.3 Å². The average Bonchev–Trinajstić information content (AvgIpc) is 3.27. The molecule has 4 amide bonds. The fourth-order valence-corrected chi connectivity index (χ4v) is 9.49. The van der Waals surface area contributed by atoms with Crippen LogP contribution in [0.5, 0.6) is 0 Å². The van der Waals surface area contributed by atoms with E-state index < -0.39 is 0 Å². The molecule has 0 radical (unpaired) electrons. The number of nitrogens with zero attached hydrogens (tertiary/aromatic N) is 2. The summed E-state index contributed by atoms with van der Waals surface area (Å²) in [5, 5.41) is 6.29. The van der Waals surface area contributed by atoms with E-state index >= 15 is 0 Å². The van der Waals surface area contributed by atoms with Crippen LogP contribution < -0.4 is 0 Å². The van der Waals surface area contributed by atoms with Crippen LogP contribution in [0.25, 0.3) is 43.1 Å². The molecule has 0 saturated carbocycles. The van der Waals surface area contributed by atoms with Crippen molar-refractivity contribution in [1.82, 2.24) is 9.80 Å². The van der Waals surface area contributed by atoms with Gasteiger partial charge in [0, 0.05) is 59.0 Å². The molecule has 2 aliphatic heterocycles. The zero-order valence-electron chi connectivity index (χ0n) is 36.7. The molecular formula is C52H62N2O8. The predicted molar refractivity (Wildman–Crippen MR) is 244 cm³/mol. The third-order valence-electron chi connectivity index (χ3n) is 12.9. The maximum atomic E-state index is 14.0. The lowest BCUT2D eigenvalue weighted by Gasteiger charge is -2.30. The fraction of sp³-hybridized carbons (Fsp3) is 0.500. The van der Waals surface area contributed by atoms with Crippen LogP contribution in [-0.2, 0) is 19.1 Å². The quantitative estimate of drug-likeness (QED) is 0.0177. The number of benzene rings is 5. The van der Waals surface area contributed by atoms with Crippen LogP contribution in [0.2, 0.25) is 0 Å². The van der Waals surface area contributed by atoms with Gasteiger partial charge >= 0.3 is 11.9 Å². The molecule has 328 valence electrons. The number of amides is 4. The molecule has 0 bridgehead atoms. The SMILES string of the molecule is CCCCCCCCOC(=O)CCCCCN1C(=O)c2ccc3c4ccc5c6c(ccc(c7ccc(c2c37)C1=O)c64)C(=O)N(CCCCCC(=O)OCCCCCCCC)C5=O. The normalized spacial score (nSPS) is 13.8. The van der Waals surface area contributed by atoms with Crippen molar-refractivity contribution >= 4 is 78.7 Å². The van der Waals surface area contributed by atoms with E-state index in [1.165, 1.54) is 61.2 Å². The zero-order chi connectivity index (χ0) is 43.6. The van der Waals surface area contributed by atoms with Crippen molar-refractivity contribution in [3.8, 4) is 0 Å². The van der Waals surface area contributed by atoms with E-state index in [1.54, 1.807) is 24.3 Å². The van der Waals surface area contributed by atoms with Crippen LogP contribution in [-0.4, -0.2) is 71.7 Å². The lowest BCUT2D eigenvalue weighted by Crippen LogP contribution is -2.41. The number of esters is 2. The smallest absolute Gasteiger partial charge is 0.305 e. The number of carbonyl (C=O) groups excluding carboxylic acids is 6. The maximum Gasteiger partial charge on any atom is 0.305 e. The maximum absolute atomic E-state index is 14.0. The monoisotopic (exact) mass is 842 g/mol. The highest BCUT2D eigenvalue weighted by Gasteiger charge is 2.36. The van der Waals surface area contributed by atoms with E-state index in [2.05, 4.69) is 13.8 Å². The summed E-state index contributed by atoms with van der Waals surface area (Å²) in [7, 11) is 0. The number of hydrogen-bond acceptors (Lipinski definition) is 8. The summed E-state index contributed by atoms with van der Waals surface area (Å²) in [4.78, 5) is 83.0. The Morgan fingerprint density at radius 3 is 1.03 bits per heavy atom. The number of carbonyl (C=O) groups is 6. The van der Waals surface area contributed by atoms with Gasteiger partial charge in [-0.2, -0.15) is 0 Å². The van der Waals surface area contributed by atoms with E-state index in [0.29, 0.717) is 97.6 Å². The van der Waals surface area contributed by atoms with Crippen molar-refractivity contribution < 1.29 is 38.2 Å². The van der Waals surface area contributed by atoms with Gasteiger partial charge < -0.3 is 9.47 Å². The van der Waals surface area contributed by atoms with E-state index in [4.69, 9.17) is 9.47 Å². The fourth-order valence-electron chi connectivity index (χ4n) is 9.49. The molecule has 0 spiro atoms. The number of unbranched alkanes of at least 4 members (excludes halogenated alkanes) is 14. The number of imide groups is 2. The average molecular weight is 843 g/mol. The van der Waals surface area contributed by atoms with Crippen molar-refractivity contribution in [2.24, 2.45) is 0 Å². The van der Waals surface area contributed by atoms with Crippen LogP contribution in [0.15, 0.2) is 48.5 Å². The minimum atomic E-state index is -0.333. The number of fused-ring (bicyclic) bond motifs is 2. The molecule has 2 heterocycles. The Balaban J connectivity index is 0.984. The van der Waals surface area contributed by atoms with Crippen molar-refractivity contribution in [2.45, 2.75) is 142 Å². The van der Waals surface area contributed by atoms with Gasteiger partial charge in [-0.25, -0.2) is 0 Å².